The molecule has 2 aromatic heterocycles. The maximum absolute atomic E-state index is 11.4. The number of aromatic nitrogens is 1. The standard InChI is InChI=1S/C18H23N3O3/c1-23-18(22)17-6-5-16(24-17)14-21-9-3-8-20(10-11-21)13-15-4-2-7-19-12-15/h2,4-7,12H,3,8-11,13-14H2,1H3. The molecule has 0 N–H and O–H groups in total. The van der Waals surface area contributed by atoms with E-state index in [0.717, 1.165) is 51.4 Å². The van der Waals surface area contributed by atoms with Crippen LogP contribution in [0.5, 0.6) is 0 Å². The van der Waals surface area contributed by atoms with Crippen LogP contribution in [0.3, 0.4) is 0 Å². The van der Waals surface area contributed by atoms with Gasteiger partial charge in [0.25, 0.3) is 0 Å². The smallest absolute Gasteiger partial charge is 0.373 e. The Kier molecular flexibility index (Phi) is 5.61. The van der Waals surface area contributed by atoms with Crippen molar-refractivity contribution in [1.82, 2.24) is 14.8 Å². The van der Waals surface area contributed by atoms with Crippen LogP contribution in [0.25, 0.3) is 0 Å². The predicted octanol–water partition coefficient (Wildman–Crippen LogP) is 2.17. The molecular formula is C18H23N3O3. The van der Waals surface area contributed by atoms with Crippen LogP contribution in [0, 0.1) is 0 Å². The fraction of sp³-hybridized carbons (Fsp3) is 0.444. The highest BCUT2D eigenvalue weighted by molar-refractivity contribution is 5.86. The summed E-state index contributed by atoms with van der Waals surface area (Å²) in [7, 11) is 1.36. The Balaban J connectivity index is 1.52. The molecule has 0 atom stereocenters. The van der Waals surface area contributed by atoms with E-state index in [2.05, 4.69) is 25.6 Å². The average molecular weight is 329 g/mol. The first kappa shape index (κ1) is 16.7. The van der Waals surface area contributed by atoms with Gasteiger partial charge in [0.15, 0.2) is 0 Å². The molecule has 0 amide bonds. The number of pyridine rings is 1. The summed E-state index contributed by atoms with van der Waals surface area (Å²) in [6.45, 7) is 5.76. The number of esters is 1. The molecule has 2 aromatic rings. The van der Waals surface area contributed by atoms with E-state index in [1.54, 1.807) is 12.3 Å². The number of rotatable bonds is 5. The molecule has 3 heterocycles. The second kappa shape index (κ2) is 8.08. The van der Waals surface area contributed by atoms with E-state index in [1.807, 2.05) is 18.3 Å². The zero-order valence-corrected chi connectivity index (χ0v) is 14.0. The van der Waals surface area contributed by atoms with Crippen molar-refractivity contribution in [3.05, 3.63) is 53.7 Å². The summed E-state index contributed by atoms with van der Waals surface area (Å²) in [6.07, 6.45) is 4.85. The number of carbonyl (C=O) groups is 1. The summed E-state index contributed by atoms with van der Waals surface area (Å²) in [4.78, 5) is 20.5. The first-order valence-electron chi connectivity index (χ1n) is 8.25. The quantitative estimate of drug-likeness (QED) is 0.784. The molecule has 0 aliphatic carbocycles. The molecule has 0 bridgehead atoms. The van der Waals surface area contributed by atoms with Gasteiger partial charge in [-0.3, -0.25) is 14.8 Å². The zero-order chi connectivity index (χ0) is 16.8. The number of methoxy groups -OCH3 is 1. The van der Waals surface area contributed by atoms with E-state index in [1.165, 1.54) is 12.7 Å². The van der Waals surface area contributed by atoms with Crippen LogP contribution in [-0.4, -0.2) is 54.0 Å². The third kappa shape index (κ3) is 4.43. The number of ether oxygens (including phenoxy) is 1. The molecule has 3 rings (SSSR count). The second-order valence-electron chi connectivity index (χ2n) is 6.02. The van der Waals surface area contributed by atoms with Gasteiger partial charge in [0.05, 0.1) is 13.7 Å². The molecule has 1 fully saturated rings. The van der Waals surface area contributed by atoms with Crippen LogP contribution in [0.1, 0.15) is 28.3 Å². The molecule has 6 heteroatoms. The van der Waals surface area contributed by atoms with Gasteiger partial charge in [0.1, 0.15) is 5.76 Å². The van der Waals surface area contributed by atoms with E-state index < -0.39 is 5.97 Å². The molecule has 0 radical (unpaired) electrons. The van der Waals surface area contributed by atoms with Crippen molar-refractivity contribution in [2.24, 2.45) is 0 Å². The van der Waals surface area contributed by atoms with Gasteiger partial charge < -0.3 is 9.15 Å². The van der Waals surface area contributed by atoms with Gasteiger partial charge in [-0.25, -0.2) is 4.79 Å². The van der Waals surface area contributed by atoms with Crippen molar-refractivity contribution >= 4 is 5.97 Å². The van der Waals surface area contributed by atoms with Crippen LogP contribution < -0.4 is 0 Å². The van der Waals surface area contributed by atoms with Gasteiger partial charge in [-0.1, -0.05) is 6.07 Å². The van der Waals surface area contributed by atoms with Gasteiger partial charge in [-0.2, -0.15) is 0 Å². The Labute approximate surface area is 142 Å². The lowest BCUT2D eigenvalue weighted by atomic mass is 10.2. The van der Waals surface area contributed by atoms with Crippen molar-refractivity contribution in [1.29, 1.82) is 0 Å². The minimum atomic E-state index is -0.431. The summed E-state index contributed by atoms with van der Waals surface area (Å²) < 4.78 is 10.2. The molecule has 24 heavy (non-hydrogen) atoms. The Morgan fingerprint density at radius 3 is 2.67 bits per heavy atom. The largest absolute Gasteiger partial charge is 0.463 e. The SMILES string of the molecule is COC(=O)c1ccc(CN2CCCN(Cc3cccnc3)CC2)o1. The summed E-state index contributed by atoms with van der Waals surface area (Å²) in [5.74, 6) is 0.636. The van der Waals surface area contributed by atoms with Crippen LogP contribution in [0.15, 0.2) is 41.1 Å². The van der Waals surface area contributed by atoms with Gasteiger partial charge in [0, 0.05) is 32.0 Å². The third-order valence-corrected chi connectivity index (χ3v) is 4.24. The zero-order valence-electron chi connectivity index (χ0n) is 14.0. The first-order chi connectivity index (χ1) is 11.7. The van der Waals surface area contributed by atoms with Gasteiger partial charge in [0.2, 0.25) is 5.76 Å². The van der Waals surface area contributed by atoms with Crippen LogP contribution in [-0.2, 0) is 17.8 Å². The highest BCUT2D eigenvalue weighted by Crippen LogP contribution is 2.14. The Bertz CT molecular complexity index is 657. The monoisotopic (exact) mass is 329 g/mol. The Morgan fingerprint density at radius 2 is 1.96 bits per heavy atom. The van der Waals surface area contributed by atoms with Gasteiger partial charge in [-0.15, -0.1) is 0 Å². The van der Waals surface area contributed by atoms with Crippen molar-refractivity contribution < 1.29 is 13.9 Å². The van der Waals surface area contributed by atoms with Crippen LogP contribution >= 0.6 is 0 Å². The minimum Gasteiger partial charge on any atom is -0.463 e. The van der Waals surface area contributed by atoms with Crippen molar-refractivity contribution in [2.45, 2.75) is 19.5 Å². The fourth-order valence-electron chi connectivity index (χ4n) is 2.98. The number of hydrogen-bond acceptors (Lipinski definition) is 6. The van der Waals surface area contributed by atoms with Crippen molar-refractivity contribution in [3.63, 3.8) is 0 Å². The predicted molar refractivity (Wildman–Crippen MR) is 89.5 cm³/mol. The van der Waals surface area contributed by atoms with E-state index in [-0.39, 0.29) is 5.76 Å². The summed E-state index contributed by atoms with van der Waals surface area (Å²) in [5.41, 5.74) is 1.25. The topological polar surface area (TPSA) is 58.8 Å². The summed E-state index contributed by atoms with van der Waals surface area (Å²) >= 11 is 0. The molecule has 0 aromatic carbocycles. The number of nitrogens with zero attached hydrogens (tertiary/aromatic N) is 3. The molecule has 128 valence electrons. The molecule has 0 spiro atoms. The Hall–Kier alpha value is -2.18. The van der Waals surface area contributed by atoms with Gasteiger partial charge in [-0.05, 0) is 43.3 Å². The molecule has 6 nitrogen and oxygen atoms in total. The molecule has 0 saturated carbocycles. The van der Waals surface area contributed by atoms with Crippen LogP contribution in [0.2, 0.25) is 0 Å². The highest BCUT2D eigenvalue weighted by Gasteiger charge is 2.17. The molecule has 1 aliphatic heterocycles. The van der Waals surface area contributed by atoms with E-state index in [4.69, 9.17) is 4.42 Å². The highest BCUT2D eigenvalue weighted by atomic mass is 16.5. The average Bonchev–Trinajstić information content (AvgIpc) is 2.97. The molecular weight excluding hydrogens is 306 g/mol. The van der Waals surface area contributed by atoms with Gasteiger partial charge >= 0.3 is 5.97 Å². The maximum Gasteiger partial charge on any atom is 0.373 e. The maximum atomic E-state index is 11.4. The number of furan rings is 1. The van der Waals surface area contributed by atoms with E-state index in [9.17, 15) is 4.79 Å². The lowest BCUT2D eigenvalue weighted by Crippen LogP contribution is -2.30. The second-order valence-corrected chi connectivity index (χ2v) is 6.02. The molecule has 0 unspecified atom stereocenters. The Morgan fingerprint density at radius 1 is 1.17 bits per heavy atom. The molecule has 1 saturated heterocycles. The lowest BCUT2D eigenvalue weighted by Gasteiger charge is -2.21. The minimum absolute atomic E-state index is 0.264. The van der Waals surface area contributed by atoms with E-state index >= 15 is 0 Å². The normalized spacial score (nSPS) is 16.7. The van der Waals surface area contributed by atoms with Crippen molar-refractivity contribution in [2.75, 3.05) is 33.3 Å². The lowest BCUT2D eigenvalue weighted by molar-refractivity contribution is 0.0561. The number of carbonyl (C=O) groups excluding carboxylic acids is 1. The summed E-state index contributed by atoms with van der Waals surface area (Å²) in [5, 5.41) is 0. The summed E-state index contributed by atoms with van der Waals surface area (Å²) in [6, 6.07) is 7.63. The van der Waals surface area contributed by atoms with Crippen molar-refractivity contribution in [3.8, 4) is 0 Å². The fourth-order valence-corrected chi connectivity index (χ4v) is 2.98. The van der Waals surface area contributed by atoms with Crippen LogP contribution in [0.4, 0.5) is 0 Å². The number of hydrogen-bond donors (Lipinski definition) is 0. The van der Waals surface area contributed by atoms with E-state index in [0.29, 0.717) is 0 Å². The third-order valence-electron chi connectivity index (χ3n) is 4.24. The first-order valence-corrected chi connectivity index (χ1v) is 8.25. The molecule has 1 aliphatic rings.